The summed E-state index contributed by atoms with van der Waals surface area (Å²) in [4.78, 5) is 24.9. The van der Waals surface area contributed by atoms with Crippen molar-refractivity contribution in [1.29, 1.82) is 0 Å². The average Bonchev–Trinajstić information content (AvgIpc) is 2.78. The first kappa shape index (κ1) is 22.2. The third-order valence-electron chi connectivity index (χ3n) is 4.65. The molecule has 4 N–H and O–H groups in total. The molecule has 3 aromatic carbocycles. The number of methoxy groups -OCH3 is 1. The Bertz CT molecular complexity index is 1150. The lowest BCUT2D eigenvalue weighted by molar-refractivity contribution is 0.103. The molecule has 0 aliphatic heterocycles. The summed E-state index contributed by atoms with van der Waals surface area (Å²) in [7, 11) is 1.30. The summed E-state index contributed by atoms with van der Waals surface area (Å²) in [5, 5.41) is 40.7. The monoisotopic (exact) mass is 432 g/mol. The Hall–Kier alpha value is -4.52. The van der Waals surface area contributed by atoms with Crippen molar-refractivity contribution in [2.45, 2.75) is 0 Å². The van der Waals surface area contributed by atoms with Gasteiger partial charge < -0.3 is 25.2 Å². The Balaban J connectivity index is 1.99. The molecule has 0 amide bonds. The molecule has 0 atom stereocenters. The lowest BCUT2D eigenvalue weighted by Gasteiger charge is -2.13. The summed E-state index contributed by atoms with van der Waals surface area (Å²) in [6, 6.07) is 16.2. The number of aliphatic hydroxyl groups is 2. The van der Waals surface area contributed by atoms with Gasteiger partial charge in [-0.05, 0) is 36.4 Å². The zero-order chi connectivity index (χ0) is 23.3. The Morgan fingerprint density at radius 3 is 1.41 bits per heavy atom. The van der Waals surface area contributed by atoms with Crippen LogP contribution in [0.15, 0.2) is 78.9 Å². The van der Waals surface area contributed by atoms with Gasteiger partial charge in [0.1, 0.15) is 28.8 Å². The van der Waals surface area contributed by atoms with E-state index in [1.54, 1.807) is 24.3 Å². The number of carbonyl (C=O) groups excluding carboxylic acids is 2. The number of aromatic hydroxyl groups is 2. The van der Waals surface area contributed by atoms with Gasteiger partial charge in [-0.2, -0.15) is 0 Å². The van der Waals surface area contributed by atoms with Crippen LogP contribution >= 0.6 is 0 Å². The van der Waals surface area contributed by atoms with Gasteiger partial charge in [0.15, 0.2) is 11.6 Å². The molecule has 0 fully saturated rings. The molecule has 162 valence electrons. The molecule has 0 aromatic heterocycles. The number of hydrogen-bond acceptors (Lipinski definition) is 7. The van der Waals surface area contributed by atoms with Crippen LogP contribution in [0, 0.1) is 0 Å². The average molecular weight is 432 g/mol. The van der Waals surface area contributed by atoms with Gasteiger partial charge in [-0.1, -0.05) is 30.3 Å². The molecular weight excluding hydrogens is 412 g/mol. The minimum atomic E-state index is -0.637. The number of phenolic OH excluding ortho intramolecular Hbond substituents is 2. The highest BCUT2D eigenvalue weighted by molar-refractivity contribution is 6.10. The van der Waals surface area contributed by atoms with E-state index in [9.17, 15) is 30.0 Å². The van der Waals surface area contributed by atoms with Gasteiger partial charge in [-0.25, -0.2) is 0 Å². The van der Waals surface area contributed by atoms with Gasteiger partial charge in [0.25, 0.3) is 0 Å². The van der Waals surface area contributed by atoms with Crippen LogP contribution in [0.2, 0.25) is 0 Å². The number of carbonyl (C=O) groups is 2. The highest BCUT2D eigenvalue weighted by atomic mass is 16.5. The summed E-state index contributed by atoms with van der Waals surface area (Å²) in [5.74, 6) is -2.64. The predicted molar refractivity (Wildman–Crippen MR) is 119 cm³/mol. The van der Waals surface area contributed by atoms with Crippen LogP contribution in [0.25, 0.3) is 11.5 Å². The molecule has 0 aliphatic carbocycles. The highest BCUT2D eigenvalue weighted by Crippen LogP contribution is 2.33. The van der Waals surface area contributed by atoms with E-state index < -0.39 is 23.1 Å². The van der Waals surface area contributed by atoms with Gasteiger partial charge >= 0.3 is 0 Å². The number of rotatable bonds is 7. The van der Waals surface area contributed by atoms with Crippen molar-refractivity contribution in [2.24, 2.45) is 0 Å². The van der Waals surface area contributed by atoms with Gasteiger partial charge in [0, 0.05) is 12.2 Å². The minimum absolute atomic E-state index is 0.00480. The summed E-state index contributed by atoms with van der Waals surface area (Å²) < 4.78 is 5.32. The van der Waals surface area contributed by atoms with Crippen molar-refractivity contribution in [1.82, 2.24) is 0 Å². The van der Waals surface area contributed by atoms with E-state index in [2.05, 4.69) is 0 Å². The third-order valence-corrected chi connectivity index (χ3v) is 4.65. The maximum Gasteiger partial charge on any atom is 0.193 e. The molecule has 0 aliphatic rings. The van der Waals surface area contributed by atoms with Crippen molar-refractivity contribution in [3.05, 3.63) is 101 Å². The normalized spacial score (nSPS) is 11.8. The predicted octanol–water partition coefficient (Wildman–Crippen LogP) is 4.67. The second-order valence-corrected chi connectivity index (χ2v) is 6.71. The van der Waals surface area contributed by atoms with Gasteiger partial charge in [-0.3, -0.25) is 9.59 Å². The quantitative estimate of drug-likeness (QED) is 0.243. The Labute approximate surface area is 183 Å². The Morgan fingerprint density at radius 2 is 1.03 bits per heavy atom. The molecule has 7 heteroatoms. The molecule has 0 heterocycles. The molecule has 0 radical (unpaired) electrons. The van der Waals surface area contributed by atoms with E-state index in [-0.39, 0.29) is 39.5 Å². The van der Waals surface area contributed by atoms with Crippen LogP contribution in [-0.2, 0) is 0 Å². The van der Waals surface area contributed by atoms with E-state index in [0.717, 1.165) is 12.2 Å². The van der Waals surface area contributed by atoms with E-state index >= 15 is 0 Å². The zero-order valence-electron chi connectivity index (χ0n) is 17.0. The molecule has 0 saturated heterocycles. The fraction of sp³-hybridized carbons (Fsp3) is 0.0400. The van der Waals surface area contributed by atoms with Crippen molar-refractivity contribution < 1.29 is 34.8 Å². The fourth-order valence-corrected chi connectivity index (χ4v) is 3.08. The molecule has 0 saturated carbocycles. The Morgan fingerprint density at radius 1 is 0.656 bits per heavy atom. The third kappa shape index (κ3) is 4.62. The smallest absolute Gasteiger partial charge is 0.193 e. The van der Waals surface area contributed by atoms with E-state index in [0.29, 0.717) is 0 Å². The first-order valence-corrected chi connectivity index (χ1v) is 9.47. The number of ketones is 2. The molecule has 3 aromatic rings. The van der Waals surface area contributed by atoms with E-state index in [4.69, 9.17) is 4.74 Å². The van der Waals surface area contributed by atoms with Crippen LogP contribution in [0.5, 0.6) is 17.2 Å². The van der Waals surface area contributed by atoms with E-state index in [1.807, 2.05) is 0 Å². The number of aliphatic hydroxyl groups excluding tert-OH is 2. The number of benzene rings is 3. The molecule has 32 heavy (non-hydrogen) atoms. The zero-order valence-corrected chi connectivity index (χ0v) is 17.0. The molecule has 0 bridgehead atoms. The number of ether oxygens (including phenoxy) is 1. The fourth-order valence-electron chi connectivity index (χ4n) is 3.08. The first-order valence-electron chi connectivity index (χ1n) is 9.47. The lowest BCUT2D eigenvalue weighted by Crippen LogP contribution is -2.02. The number of allylic oxidation sites excluding steroid dienone is 2. The summed E-state index contributed by atoms with van der Waals surface area (Å²) in [6.45, 7) is 0. The number of phenols is 2. The maximum absolute atomic E-state index is 12.4. The first-order chi connectivity index (χ1) is 15.3. The Kier molecular flexibility index (Phi) is 6.60. The maximum atomic E-state index is 12.4. The van der Waals surface area contributed by atoms with E-state index in [1.165, 1.54) is 49.6 Å². The minimum Gasteiger partial charge on any atom is -0.507 e. The number of hydrogen-bond donors (Lipinski definition) is 4. The van der Waals surface area contributed by atoms with Crippen molar-refractivity contribution >= 4 is 23.1 Å². The topological polar surface area (TPSA) is 124 Å². The summed E-state index contributed by atoms with van der Waals surface area (Å²) in [6.07, 6.45) is 1.84. The lowest BCUT2D eigenvalue weighted by atomic mass is 10.0. The van der Waals surface area contributed by atoms with Gasteiger partial charge in [-0.15, -0.1) is 0 Å². The van der Waals surface area contributed by atoms with Crippen LogP contribution < -0.4 is 4.74 Å². The summed E-state index contributed by atoms with van der Waals surface area (Å²) >= 11 is 0. The highest BCUT2D eigenvalue weighted by Gasteiger charge is 2.18. The second kappa shape index (κ2) is 9.53. The van der Waals surface area contributed by atoms with Crippen molar-refractivity contribution in [3.63, 3.8) is 0 Å². The van der Waals surface area contributed by atoms with Gasteiger partial charge in [0.05, 0.1) is 29.4 Å². The SMILES string of the molecule is COc1c(C(O)=CC(=O)c2ccccc2O)cccc1/C(O)=C/C(=O)c1ccccc1O. The van der Waals surface area contributed by atoms with Gasteiger partial charge in [0.2, 0.25) is 0 Å². The standard InChI is InChI=1S/C25H20O7/c1-32-25-17(23(30)13-21(28)15-7-2-4-11-19(15)26)9-6-10-18(25)24(31)14-22(29)16-8-3-5-12-20(16)27/h2-14,26-27,30-31H,1H3/b23-13-,24-14?. The second-order valence-electron chi connectivity index (χ2n) is 6.71. The van der Waals surface area contributed by atoms with Crippen LogP contribution in [0.4, 0.5) is 0 Å². The van der Waals surface area contributed by atoms with Crippen molar-refractivity contribution in [3.8, 4) is 17.2 Å². The van der Waals surface area contributed by atoms with Crippen LogP contribution in [0.1, 0.15) is 31.8 Å². The molecule has 3 rings (SSSR count). The molecule has 0 spiro atoms. The number of para-hydroxylation sites is 3. The summed E-state index contributed by atoms with van der Waals surface area (Å²) in [5.41, 5.74) is 0.183. The molecular formula is C25H20O7. The molecule has 7 nitrogen and oxygen atoms in total. The molecule has 0 unspecified atom stereocenters. The largest absolute Gasteiger partial charge is 0.507 e. The van der Waals surface area contributed by atoms with Crippen LogP contribution in [0.3, 0.4) is 0 Å². The van der Waals surface area contributed by atoms with Crippen molar-refractivity contribution in [2.75, 3.05) is 7.11 Å². The van der Waals surface area contributed by atoms with Crippen LogP contribution in [-0.4, -0.2) is 39.1 Å².